The number of carbonyl (C=O) groups excluding carboxylic acids is 4. The number of nitrogens with zero attached hydrogens (tertiary/aromatic N) is 1. The highest BCUT2D eigenvalue weighted by molar-refractivity contribution is 6.30. The van der Waals surface area contributed by atoms with Gasteiger partial charge in [0.1, 0.15) is 0 Å². The number of hydrogen-bond acceptors (Lipinski definition) is 6. The number of allylic oxidation sites excluding steroid dienone is 2. The minimum atomic E-state index is -0.314. The molecule has 45 heavy (non-hydrogen) atoms. The van der Waals surface area contributed by atoms with Crippen molar-refractivity contribution in [1.29, 1.82) is 0 Å². The number of aromatic nitrogens is 2. The maximum atomic E-state index is 12.5. The predicted molar refractivity (Wildman–Crippen MR) is 174 cm³/mol. The zero-order valence-corrected chi connectivity index (χ0v) is 27.5. The van der Waals surface area contributed by atoms with E-state index < -0.39 is 0 Å². The van der Waals surface area contributed by atoms with E-state index in [0.29, 0.717) is 30.5 Å². The van der Waals surface area contributed by atoms with Gasteiger partial charge >= 0.3 is 11.9 Å². The summed E-state index contributed by atoms with van der Waals surface area (Å²) in [5, 5.41) is 4.62. The third-order valence-corrected chi connectivity index (χ3v) is 9.19. The summed E-state index contributed by atoms with van der Waals surface area (Å²) in [5.41, 5.74) is 8.48. The van der Waals surface area contributed by atoms with E-state index in [9.17, 15) is 19.2 Å². The summed E-state index contributed by atoms with van der Waals surface area (Å²) >= 11 is 0. The molecule has 1 saturated heterocycles. The van der Waals surface area contributed by atoms with Crippen molar-refractivity contribution in [2.24, 2.45) is 16.8 Å². The molecule has 2 amide bonds. The van der Waals surface area contributed by atoms with Crippen LogP contribution in [0.1, 0.15) is 87.0 Å². The van der Waals surface area contributed by atoms with Crippen molar-refractivity contribution in [2.75, 3.05) is 14.2 Å². The lowest BCUT2D eigenvalue weighted by Crippen LogP contribution is -2.18. The number of hydrogen-bond donors (Lipinski definition) is 3. The largest absolute Gasteiger partial charge is 0.469 e. The molecule has 1 fully saturated rings. The van der Waals surface area contributed by atoms with Gasteiger partial charge < -0.3 is 24.8 Å². The van der Waals surface area contributed by atoms with Crippen LogP contribution in [0.5, 0.6) is 0 Å². The number of ether oxygens (including phenoxy) is 2. The predicted octanol–water partition coefficient (Wildman–Crippen LogP) is 3.62. The van der Waals surface area contributed by atoms with Crippen molar-refractivity contribution in [3.8, 4) is 0 Å². The quantitative estimate of drug-likeness (QED) is 0.329. The summed E-state index contributed by atoms with van der Waals surface area (Å²) < 4.78 is 9.84. The van der Waals surface area contributed by atoms with Crippen LogP contribution in [0.3, 0.4) is 0 Å². The van der Waals surface area contributed by atoms with Crippen LogP contribution in [-0.2, 0) is 41.5 Å². The Balaban J connectivity index is 1.89. The van der Waals surface area contributed by atoms with Gasteiger partial charge in [0.25, 0.3) is 5.91 Å². The van der Waals surface area contributed by atoms with E-state index in [1.807, 2.05) is 52.8 Å². The van der Waals surface area contributed by atoms with Gasteiger partial charge in [-0.05, 0) is 92.5 Å². The summed E-state index contributed by atoms with van der Waals surface area (Å²) in [4.78, 5) is 60.6. The Labute approximate surface area is 263 Å². The Kier molecular flexibility index (Phi) is 10.5. The number of nitrogens with one attached hydrogen (secondary N) is 3. The first kappa shape index (κ1) is 33.4. The summed E-state index contributed by atoms with van der Waals surface area (Å²) in [5.74, 6) is -0.815. The molecule has 0 aliphatic carbocycles. The number of aliphatic imine (C=N–C) groups is 1. The molecule has 2 aromatic heterocycles. The standard InChI is InChI=1S/C35H44N4O6/c1-9-22-18(3)28(38-34(22)42)15-26-20(5)24(11-13-32(40)44-7)30(36-26)17-31-25(12-14-33(41)45-8)21(6)27(37-31)16-29-19(4)23(10-2)35(43)39-29/h15-18,22,36-37H,9-14H2,1-8H3,(H,38,42)/b27-16-,28-15-,31-17-/t18-,22-/m1/s1. The molecule has 10 heteroatoms. The van der Waals surface area contributed by atoms with Gasteiger partial charge in [-0.2, -0.15) is 0 Å². The summed E-state index contributed by atoms with van der Waals surface area (Å²) in [6, 6.07) is 0. The van der Waals surface area contributed by atoms with Gasteiger partial charge in [-0.15, -0.1) is 0 Å². The Morgan fingerprint density at radius 1 is 0.844 bits per heavy atom. The Hall–Kier alpha value is -4.47. The molecule has 0 bridgehead atoms. The van der Waals surface area contributed by atoms with Gasteiger partial charge in [-0.1, -0.05) is 20.8 Å². The maximum absolute atomic E-state index is 12.5. The molecule has 2 aliphatic rings. The Morgan fingerprint density at radius 2 is 1.49 bits per heavy atom. The molecule has 0 saturated carbocycles. The van der Waals surface area contributed by atoms with Crippen LogP contribution < -0.4 is 16.0 Å². The van der Waals surface area contributed by atoms with E-state index in [1.165, 1.54) is 14.2 Å². The number of methoxy groups -OCH3 is 2. The highest BCUT2D eigenvalue weighted by Gasteiger charge is 2.34. The molecule has 3 N–H and O–H groups in total. The van der Waals surface area contributed by atoms with Gasteiger partial charge in [0, 0.05) is 58.0 Å². The first-order chi connectivity index (χ1) is 21.4. The molecule has 0 aromatic carbocycles. The molecular formula is C35H44N4O6. The monoisotopic (exact) mass is 616 g/mol. The second-order valence-electron chi connectivity index (χ2n) is 11.7. The number of rotatable bonds is 11. The second-order valence-corrected chi connectivity index (χ2v) is 11.7. The molecule has 2 atom stereocenters. The van der Waals surface area contributed by atoms with Crippen molar-refractivity contribution in [2.45, 2.75) is 80.1 Å². The van der Waals surface area contributed by atoms with Crippen LogP contribution in [0.15, 0.2) is 21.8 Å². The van der Waals surface area contributed by atoms with Crippen LogP contribution in [0.4, 0.5) is 0 Å². The highest BCUT2D eigenvalue weighted by Crippen LogP contribution is 2.31. The normalized spacial score (nSPS) is 20.0. The maximum Gasteiger partial charge on any atom is 0.305 e. The number of carbonyl (C=O) groups is 4. The molecule has 10 nitrogen and oxygen atoms in total. The zero-order valence-electron chi connectivity index (χ0n) is 27.5. The van der Waals surface area contributed by atoms with Gasteiger partial charge in [0.15, 0.2) is 0 Å². The fourth-order valence-electron chi connectivity index (χ4n) is 6.26. The van der Waals surface area contributed by atoms with Gasteiger partial charge in [0.2, 0.25) is 5.91 Å². The number of esters is 2. The fourth-order valence-corrected chi connectivity index (χ4v) is 6.26. The lowest BCUT2D eigenvalue weighted by molar-refractivity contribution is -0.141. The summed E-state index contributed by atoms with van der Waals surface area (Å²) in [6.45, 7) is 11.9. The first-order valence-corrected chi connectivity index (χ1v) is 15.5. The molecular weight excluding hydrogens is 572 g/mol. The van der Waals surface area contributed by atoms with Crippen molar-refractivity contribution in [3.05, 3.63) is 61.2 Å². The Morgan fingerprint density at radius 3 is 2.04 bits per heavy atom. The minimum Gasteiger partial charge on any atom is -0.469 e. The molecule has 4 heterocycles. The number of aromatic amines is 2. The summed E-state index contributed by atoms with van der Waals surface area (Å²) in [6.07, 6.45) is 8.51. The van der Waals surface area contributed by atoms with E-state index in [-0.39, 0.29) is 48.4 Å². The smallest absolute Gasteiger partial charge is 0.305 e. The van der Waals surface area contributed by atoms with E-state index in [4.69, 9.17) is 9.47 Å². The molecule has 0 unspecified atom stereocenters. The topological polar surface area (TPSA) is 143 Å². The van der Waals surface area contributed by atoms with Crippen LogP contribution in [0.25, 0.3) is 18.2 Å². The SMILES string of the molecule is CCC1=C(C)C(/C=c2\[nH]/c(=C\c3[nH]c(/C=C4\NC(=O)[C@H](CC)[C@H]4C)c(C)c3CCC(=O)OC)c(CCC(=O)OC)c2C)=NC1=O. The molecule has 2 aliphatic heterocycles. The number of amides is 2. The molecule has 0 radical (unpaired) electrons. The van der Waals surface area contributed by atoms with Gasteiger partial charge in [-0.25, -0.2) is 4.99 Å². The third-order valence-electron chi connectivity index (χ3n) is 9.19. The first-order valence-electron chi connectivity index (χ1n) is 15.5. The van der Waals surface area contributed by atoms with Crippen LogP contribution in [0, 0.1) is 25.7 Å². The molecule has 240 valence electrons. The average molecular weight is 617 g/mol. The average Bonchev–Trinajstić information content (AvgIpc) is 3.66. The van der Waals surface area contributed by atoms with E-state index in [1.54, 1.807) is 0 Å². The van der Waals surface area contributed by atoms with E-state index >= 15 is 0 Å². The van der Waals surface area contributed by atoms with Crippen molar-refractivity contribution in [3.63, 3.8) is 0 Å². The second kappa shape index (κ2) is 14.1. The molecule has 2 aromatic rings. The molecule has 0 spiro atoms. The lowest BCUT2D eigenvalue weighted by atomic mass is 9.92. The minimum absolute atomic E-state index is 0.0313. The van der Waals surface area contributed by atoms with Crippen LogP contribution in [0.2, 0.25) is 0 Å². The molecule has 4 rings (SSSR count). The highest BCUT2D eigenvalue weighted by atomic mass is 16.5. The van der Waals surface area contributed by atoms with Gasteiger partial charge in [0.05, 0.1) is 19.9 Å². The number of H-pyrrole nitrogens is 2. The third kappa shape index (κ3) is 6.95. The fraction of sp³-hybridized carbons (Fsp3) is 0.457. The van der Waals surface area contributed by atoms with Crippen molar-refractivity contribution >= 4 is 47.7 Å². The van der Waals surface area contributed by atoms with E-state index in [2.05, 4.69) is 27.2 Å². The van der Waals surface area contributed by atoms with Crippen molar-refractivity contribution in [1.82, 2.24) is 15.3 Å². The van der Waals surface area contributed by atoms with Crippen molar-refractivity contribution < 1.29 is 28.7 Å². The summed E-state index contributed by atoms with van der Waals surface area (Å²) in [7, 11) is 2.75. The van der Waals surface area contributed by atoms with Gasteiger partial charge in [-0.3, -0.25) is 19.2 Å². The Bertz CT molecular complexity index is 1750. The zero-order chi connectivity index (χ0) is 33.0. The van der Waals surface area contributed by atoms with Crippen LogP contribution in [-0.4, -0.2) is 53.7 Å². The lowest BCUT2D eigenvalue weighted by Gasteiger charge is -2.09. The van der Waals surface area contributed by atoms with Crippen LogP contribution >= 0.6 is 0 Å². The van der Waals surface area contributed by atoms with E-state index in [0.717, 1.165) is 62.0 Å².